The fourth-order valence-electron chi connectivity index (χ4n) is 3.58. The number of carbonyl (C=O) groups excluding carboxylic acids is 2. The third-order valence-corrected chi connectivity index (χ3v) is 5.15. The predicted octanol–water partition coefficient (Wildman–Crippen LogP) is 0.268. The van der Waals surface area contributed by atoms with Crippen LogP contribution in [0.5, 0.6) is 11.7 Å². The molecule has 2 heterocycles. The first-order valence-corrected chi connectivity index (χ1v) is 9.37. The highest BCUT2D eigenvalue weighted by molar-refractivity contribution is 6.22. The van der Waals surface area contributed by atoms with Crippen molar-refractivity contribution in [3.8, 4) is 11.7 Å². The number of imide groups is 1. The van der Waals surface area contributed by atoms with Crippen LogP contribution in [0.15, 0.2) is 28.8 Å². The molecule has 28 heavy (non-hydrogen) atoms. The Hall–Kier alpha value is -2.94. The SMILES string of the molecule is CCOc1ccc(N2C(=O)CC(N(Cc3c([O-])on[n+]3C)C3CC3)C2=O)cc1. The van der Waals surface area contributed by atoms with Crippen molar-refractivity contribution >= 4 is 17.5 Å². The first-order valence-electron chi connectivity index (χ1n) is 9.37. The van der Waals surface area contributed by atoms with Gasteiger partial charge in [-0.05, 0) is 44.0 Å². The van der Waals surface area contributed by atoms with Crippen molar-refractivity contribution in [3.63, 3.8) is 0 Å². The second-order valence-corrected chi connectivity index (χ2v) is 7.05. The largest absolute Gasteiger partial charge is 0.539 e. The van der Waals surface area contributed by atoms with E-state index in [-0.39, 0.29) is 30.8 Å². The van der Waals surface area contributed by atoms with Crippen LogP contribution >= 0.6 is 0 Å². The van der Waals surface area contributed by atoms with Crippen LogP contribution in [-0.2, 0) is 23.2 Å². The lowest BCUT2D eigenvalue weighted by Crippen LogP contribution is -2.46. The van der Waals surface area contributed by atoms with Crippen LogP contribution in [0.3, 0.4) is 0 Å². The summed E-state index contributed by atoms with van der Waals surface area (Å²) in [4.78, 5) is 28.9. The second-order valence-electron chi connectivity index (χ2n) is 7.05. The third kappa shape index (κ3) is 3.33. The van der Waals surface area contributed by atoms with Crippen molar-refractivity contribution in [2.24, 2.45) is 7.05 Å². The lowest BCUT2D eigenvalue weighted by Gasteiger charge is -2.25. The maximum absolute atomic E-state index is 13.1. The molecule has 0 bridgehead atoms. The number of amides is 2. The summed E-state index contributed by atoms with van der Waals surface area (Å²) in [6.45, 7) is 2.66. The molecule has 1 aromatic heterocycles. The van der Waals surface area contributed by atoms with Crippen molar-refractivity contribution in [1.29, 1.82) is 0 Å². The number of aromatic nitrogens is 2. The van der Waals surface area contributed by atoms with Gasteiger partial charge in [0.2, 0.25) is 11.6 Å². The molecule has 1 aliphatic carbocycles. The summed E-state index contributed by atoms with van der Waals surface area (Å²) in [6, 6.07) is 6.48. The number of rotatable bonds is 7. The summed E-state index contributed by atoms with van der Waals surface area (Å²) in [5.74, 6) is -0.354. The molecule has 4 rings (SSSR count). The predicted molar refractivity (Wildman–Crippen MR) is 94.2 cm³/mol. The van der Waals surface area contributed by atoms with Gasteiger partial charge in [0.1, 0.15) is 5.75 Å². The van der Waals surface area contributed by atoms with Crippen molar-refractivity contribution in [1.82, 2.24) is 10.2 Å². The van der Waals surface area contributed by atoms with Gasteiger partial charge in [0.15, 0.2) is 13.0 Å². The first-order chi connectivity index (χ1) is 13.5. The van der Waals surface area contributed by atoms with E-state index in [9.17, 15) is 14.7 Å². The van der Waals surface area contributed by atoms with Crippen molar-refractivity contribution in [2.45, 2.75) is 44.8 Å². The molecule has 2 aliphatic rings. The van der Waals surface area contributed by atoms with Crippen LogP contribution in [0.1, 0.15) is 31.9 Å². The summed E-state index contributed by atoms with van der Waals surface area (Å²) < 4.78 is 11.5. The van der Waals surface area contributed by atoms with E-state index in [2.05, 4.69) is 9.79 Å². The van der Waals surface area contributed by atoms with E-state index in [1.165, 1.54) is 9.58 Å². The fraction of sp³-hybridized carbons (Fsp3) is 0.474. The number of anilines is 1. The Bertz CT molecular complexity index is 871. The van der Waals surface area contributed by atoms with Gasteiger partial charge in [0.25, 0.3) is 5.91 Å². The Morgan fingerprint density at radius 3 is 2.61 bits per heavy atom. The molecule has 9 nitrogen and oxygen atoms in total. The maximum atomic E-state index is 13.1. The normalized spacial score (nSPS) is 19.7. The van der Waals surface area contributed by atoms with Crippen LogP contribution in [0, 0.1) is 0 Å². The van der Waals surface area contributed by atoms with E-state index in [1.54, 1.807) is 31.3 Å². The molecule has 0 radical (unpaired) electrons. The molecule has 9 heteroatoms. The van der Waals surface area contributed by atoms with Gasteiger partial charge in [0, 0.05) is 6.04 Å². The van der Waals surface area contributed by atoms with E-state index in [0.29, 0.717) is 23.7 Å². The van der Waals surface area contributed by atoms with E-state index < -0.39 is 12.0 Å². The van der Waals surface area contributed by atoms with Gasteiger partial charge in [-0.15, -0.1) is 0 Å². The number of aryl methyl sites for hydroxylation is 1. The summed E-state index contributed by atoms with van der Waals surface area (Å²) in [5, 5.41) is 15.5. The van der Waals surface area contributed by atoms with Gasteiger partial charge in [0.05, 0.1) is 36.6 Å². The highest BCUT2D eigenvalue weighted by atomic mass is 16.6. The summed E-state index contributed by atoms with van der Waals surface area (Å²) in [5.41, 5.74) is 0.892. The van der Waals surface area contributed by atoms with Crippen molar-refractivity contribution in [3.05, 3.63) is 30.0 Å². The van der Waals surface area contributed by atoms with Crippen LogP contribution in [0.4, 0.5) is 5.69 Å². The Labute approximate surface area is 162 Å². The standard InChI is InChI=1S/C19H22N4O5/c1-3-27-14-8-6-13(7-9-14)23-17(24)10-15(18(23)25)22(12-4-5-12)11-16-19(26)28-20-21(16)2/h6-9,12,15H,3-5,10-11H2,1-2H3. The molecule has 0 N–H and O–H groups in total. The van der Waals surface area contributed by atoms with E-state index in [1.807, 2.05) is 11.8 Å². The molecule has 2 aromatic rings. The number of hydrogen-bond donors (Lipinski definition) is 0. The number of ether oxygens (including phenoxy) is 1. The topological polar surface area (TPSA) is 103 Å². The van der Waals surface area contributed by atoms with Gasteiger partial charge >= 0.3 is 0 Å². The Balaban J connectivity index is 1.56. The highest BCUT2D eigenvalue weighted by Gasteiger charge is 2.47. The third-order valence-electron chi connectivity index (χ3n) is 5.15. The molecule has 1 aliphatic heterocycles. The van der Waals surface area contributed by atoms with Gasteiger partial charge in [-0.25, -0.2) is 4.90 Å². The fourth-order valence-corrected chi connectivity index (χ4v) is 3.58. The number of nitrogens with zero attached hydrogens (tertiary/aromatic N) is 4. The number of carbonyl (C=O) groups is 2. The average Bonchev–Trinajstić information content (AvgIpc) is 3.41. The van der Waals surface area contributed by atoms with Gasteiger partial charge in [-0.3, -0.25) is 14.5 Å². The van der Waals surface area contributed by atoms with E-state index >= 15 is 0 Å². The lowest BCUT2D eigenvalue weighted by atomic mass is 10.2. The summed E-state index contributed by atoms with van der Waals surface area (Å²) in [7, 11) is 1.62. The zero-order chi connectivity index (χ0) is 19.8. The van der Waals surface area contributed by atoms with Crippen LogP contribution in [0.25, 0.3) is 0 Å². The van der Waals surface area contributed by atoms with E-state index in [0.717, 1.165) is 12.8 Å². The smallest absolute Gasteiger partial charge is 0.251 e. The Kier molecular flexibility index (Phi) is 4.76. The minimum Gasteiger partial charge on any atom is -0.539 e. The quantitative estimate of drug-likeness (QED) is 0.497. The van der Waals surface area contributed by atoms with Crippen LogP contribution in [0.2, 0.25) is 0 Å². The van der Waals surface area contributed by atoms with Gasteiger partial charge in [-0.1, -0.05) is 4.68 Å². The average molecular weight is 386 g/mol. The number of benzene rings is 1. The molecule has 2 amide bonds. The van der Waals surface area contributed by atoms with E-state index in [4.69, 9.17) is 4.74 Å². The zero-order valence-corrected chi connectivity index (χ0v) is 15.8. The highest BCUT2D eigenvalue weighted by Crippen LogP contribution is 2.35. The minimum absolute atomic E-state index is 0.0890. The molecule has 1 aromatic carbocycles. The monoisotopic (exact) mass is 386 g/mol. The molecule has 1 saturated carbocycles. The summed E-state index contributed by atoms with van der Waals surface area (Å²) in [6.07, 6.45) is 1.96. The van der Waals surface area contributed by atoms with Crippen molar-refractivity contribution in [2.75, 3.05) is 11.5 Å². The lowest BCUT2D eigenvalue weighted by molar-refractivity contribution is -0.747. The second kappa shape index (κ2) is 7.23. The minimum atomic E-state index is -0.596. The molecule has 0 spiro atoms. The van der Waals surface area contributed by atoms with Gasteiger partial charge in [-0.2, -0.15) is 0 Å². The molecule has 1 atom stereocenters. The molecule has 148 valence electrons. The summed E-state index contributed by atoms with van der Waals surface area (Å²) >= 11 is 0. The zero-order valence-electron chi connectivity index (χ0n) is 15.8. The molecular weight excluding hydrogens is 364 g/mol. The van der Waals surface area contributed by atoms with Crippen molar-refractivity contribution < 1.29 is 28.6 Å². The van der Waals surface area contributed by atoms with Crippen LogP contribution in [-0.4, -0.2) is 40.7 Å². The van der Waals surface area contributed by atoms with Crippen LogP contribution < -0.4 is 19.4 Å². The first kappa shape index (κ1) is 18.4. The molecule has 2 fully saturated rings. The molecule has 1 unspecified atom stereocenters. The molecular formula is C19H22N4O5. The Morgan fingerprint density at radius 2 is 2.04 bits per heavy atom. The Morgan fingerprint density at radius 1 is 1.32 bits per heavy atom. The molecule has 1 saturated heterocycles. The van der Waals surface area contributed by atoms with Gasteiger partial charge < -0.3 is 14.4 Å². The maximum Gasteiger partial charge on any atom is 0.251 e. The number of hydrogen-bond acceptors (Lipinski definition) is 7.